The lowest BCUT2D eigenvalue weighted by Crippen LogP contribution is -2.31. The van der Waals surface area contributed by atoms with Crippen molar-refractivity contribution in [3.63, 3.8) is 0 Å². The third-order valence-electron chi connectivity index (χ3n) is 5.33. The Balaban J connectivity index is 0.000000757. The summed E-state index contributed by atoms with van der Waals surface area (Å²) in [7, 11) is -4.35. The first-order valence-electron chi connectivity index (χ1n) is 11.2. The molecule has 1 heterocycles. The van der Waals surface area contributed by atoms with Gasteiger partial charge in [-0.1, -0.05) is 31.2 Å². The normalized spacial score (nSPS) is 12.1. The van der Waals surface area contributed by atoms with Crippen molar-refractivity contribution in [3.8, 4) is 10.4 Å². The second-order valence-electron chi connectivity index (χ2n) is 8.40. The van der Waals surface area contributed by atoms with E-state index in [0.29, 0.717) is 10.4 Å². The number of hydrogen-bond donors (Lipinski definition) is 0. The van der Waals surface area contributed by atoms with Crippen molar-refractivity contribution >= 4 is 37.1 Å². The van der Waals surface area contributed by atoms with Gasteiger partial charge in [-0.3, -0.25) is 4.79 Å². The molecule has 7 nitrogen and oxygen atoms in total. The van der Waals surface area contributed by atoms with Crippen LogP contribution in [0.25, 0.3) is 10.4 Å². The van der Waals surface area contributed by atoms with Gasteiger partial charge in [0.15, 0.2) is 9.84 Å². The molecule has 0 saturated carbocycles. The Morgan fingerprint density at radius 1 is 0.947 bits per heavy atom. The van der Waals surface area contributed by atoms with Crippen molar-refractivity contribution in [2.24, 2.45) is 0 Å². The molecule has 0 fully saturated rings. The predicted molar refractivity (Wildman–Crippen MR) is 142 cm³/mol. The van der Waals surface area contributed by atoms with Gasteiger partial charge in [0.25, 0.3) is 0 Å². The van der Waals surface area contributed by atoms with Crippen molar-refractivity contribution in [2.75, 3.05) is 26.9 Å². The molecule has 38 heavy (non-hydrogen) atoms. The fraction of sp³-hybridized carbons (Fsp3) is 0.320. The lowest BCUT2D eigenvalue weighted by molar-refractivity contribution is -0.140. The maximum absolute atomic E-state index is 13.4. The smallest absolute Gasteiger partial charge is 0.349 e. The second-order valence-corrected chi connectivity index (χ2v) is 13.5. The first-order chi connectivity index (χ1) is 17.5. The van der Waals surface area contributed by atoms with Crippen LogP contribution in [0.2, 0.25) is 0 Å². The van der Waals surface area contributed by atoms with E-state index in [9.17, 15) is 34.8 Å². The van der Waals surface area contributed by atoms with Crippen LogP contribution in [-0.4, -0.2) is 58.8 Å². The highest BCUT2D eigenvalue weighted by Crippen LogP contribution is 2.36. The maximum atomic E-state index is 13.4. The van der Waals surface area contributed by atoms with Crippen molar-refractivity contribution in [1.29, 1.82) is 0 Å². The standard InChI is InChI=1S/C21H20F3NO4S3.C4H9NO/c1-3-25(32(28,29)20-10-5-4-9-18(20)21(22,23)24)14-16-11-12-19(30-16)15-7-6-8-17(13-15)31(2,26)27;1-4(6)5(2)3/h4-13H,3,14H2,1-2H3;1-3H3. The molecule has 0 aliphatic heterocycles. The largest absolute Gasteiger partial charge is 0.417 e. The van der Waals surface area contributed by atoms with E-state index in [-0.39, 0.29) is 23.9 Å². The van der Waals surface area contributed by atoms with Crippen LogP contribution in [0.5, 0.6) is 0 Å². The molecule has 0 spiro atoms. The summed E-state index contributed by atoms with van der Waals surface area (Å²) in [5, 5.41) is 0. The molecule has 208 valence electrons. The molecule has 0 saturated heterocycles. The summed E-state index contributed by atoms with van der Waals surface area (Å²) in [6, 6.07) is 13.9. The number of nitrogens with zero attached hydrogens (tertiary/aromatic N) is 2. The van der Waals surface area contributed by atoms with Crippen LogP contribution in [0.3, 0.4) is 0 Å². The predicted octanol–water partition coefficient (Wildman–Crippen LogP) is 5.14. The van der Waals surface area contributed by atoms with Gasteiger partial charge >= 0.3 is 6.18 Å². The molecule has 0 aliphatic rings. The topological polar surface area (TPSA) is 91.8 Å². The first-order valence-corrected chi connectivity index (χ1v) is 15.4. The summed E-state index contributed by atoms with van der Waals surface area (Å²) in [5.41, 5.74) is -0.555. The number of sulfone groups is 1. The number of benzene rings is 2. The number of hydrogen-bond acceptors (Lipinski definition) is 6. The molecule has 1 aromatic heterocycles. The Morgan fingerprint density at radius 2 is 1.55 bits per heavy atom. The zero-order valence-electron chi connectivity index (χ0n) is 21.5. The molecule has 0 bridgehead atoms. The maximum Gasteiger partial charge on any atom is 0.417 e. The van der Waals surface area contributed by atoms with Gasteiger partial charge in [0, 0.05) is 50.1 Å². The summed E-state index contributed by atoms with van der Waals surface area (Å²) < 4.78 is 90.7. The van der Waals surface area contributed by atoms with Gasteiger partial charge in [0.1, 0.15) is 0 Å². The lowest BCUT2D eigenvalue weighted by Gasteiger charge is -2.22. The number of alkyl halides is 3. The van der Waals surface area contributed by atoms with Crippen LogP contribution in [0.1, 0.15) is 24.3 Å². The SMILES string of the molecule is CC(=O)N(C)C.CCN(Cc1ccc(-c2cccc(S(C)(=O)=O)c2)s1)S(=O)(=O)c1ccccc1C(F)(F)F. The molecule has 0 aliphatic carbocycles. The highest BCUT2D eigenvalue weighted by molar-refractivity contribution is 7.90. The van der Waals surface area contributed by atoms with E-state index < -0.39 is 36.5 Å². The zero-order chi connectivity index (χ0) is 28.9. The average Bonchev–Trinajstić information content (AvgIpc) is 3.30. The van der Waals surface area contributed by atoms with Crippen molar-refractivity contribution in [3.05, 3.63) is 71.1 Å². The lowest BCUT2D eigenvalue weighted by atomic mass is 10.2. The Kier molecular flexibility index (Phi) is 10.3. The van der Waals surface area contributed by atoms with E-state index in [4.69, 9.17) is 0 Å². The van der Waals surface area contributed by atoms with Gasteiger partial charge in [-0.25, -0.2) is 16.8 Å². The number of thiophene rings is 1. The highest BCUT2D eigenvalue weighted by atomic mass is 32.2. The highest BCUT2D eigenvalue weighted by Gasteiger charge is 2.38. The summed E-state index contributed by atoms with van der Waals surface area (Å²) in [6.07, 6.45) is -3.70. The Morgan fingerprint density at radius 3 is 2.08 bits per heavy atom. The van der Waals surface area contributed by atoms with E-state index in [1.54, 1.807) is 45.3 Å². The number of sulfonamides is 1. The molecular formula is C25H29F3N2O5S3. The summed E-state index contributed by atoms with van der Waals surface area (Å²) in [4.78, 5) is 12.3. The minimum atomic E-state index is -4.80. The van der Waals surface area contributed by atoms with Gasteiger partial charge in [0.2, 0.25) is 15.9 Å². The van der Waals surface area contributed by atoms with Crippen LogP contribution in [0.15, 0.2) is 70.5 Å². The van der Waals surface area contributed by atoms with Crippen LogP contribution in [-0.2, 0) is 37.4 Å². The molecule has 13 heteroatoms. The van der Waals surface area contributed by atoms with Gasteiger partial charge in [-0.2, -0.15) is 17.5 Å². The molecule has 0 atom stereocenters. The second kappa shape index (κ2) is 12.4. The molecular weight excluding hydrogens is 561 g/mol. The molecule has 0 radical (unpaired) electrons. The number of amides is 1. The van der Waals surface area contributed by atoms with E-state index in [0.717, 1.165) is 33.6 Å². The van der Waals surface area contributed by atoms with Crippen molar-refractivity contribution in [2.45, 2.75) is 36.4 Å². The molecule has 1 amide bonds. The van der Waals surface area contributed by atoms with E-state index in [1.807, 2.05) is 0 Å². The zero-order valence-corrected chi connectivity index (χ0v) is 23.9. The quantitative estimate of drug-likeness (QED) is 0.380. The fourth-order valence-corrected chi connectivity index (χ4v) is 6.51. The summed E-state index contributed by atoms with van der Waals surface area (Å²) in [5.74, 6) is 0.0926. The van der Waals surface area contributed by atoms with Crippen LogP contribution in [0.4, 0.5) is 13.2 Å². The van der Waals surface area contributed by atoms with Gasteiger partial charge < -0.3 is 4.90 Å². The van der Waals surface area contributed by atoms with Crippen LogP contribution >= 0.6 is 11.3 Å². The van der Waals surface area contributed by atoms with Gasteiger partial charge in [-0.15, -0.1) is 11.3 Å². The first kappa shape index (κ1) is 31.5. The number of carbonyl (C=O) groups excluding carboxylic acids is 1. The molecule has 0 unspecified atom stereocenters. The van der Waals surface area contributed by atoms with Crippen LogP contribution < -0.4 is 0 Å². The minimum absolute atomic E-state index is 0.0225. The molecule has 2 aromatic carbocycles. The summed E-state index contributed by atoms with van der Waals surface area (Å²) in [6.45, 7) is 2.95. The monoisotopic (exact) mass is 590 g/mol. The van der Waals surface area contributed by atoms with E-state index >= 15 is 0 Å². The van der Waals surface area contributed by atoms with Crippen molar-refractivity contribution in [1.82, 2.24) is 9.21 Å². The minimum Gasteiger partial charge on any atom is -0.349 e. The Hall–Kier alpha value is -2.74. The molecule has 3 aromatic rings. The van der Waals surface area contributed by atoms with Crippen LogP contribution in [0, 0.1) is 0 Å². The van der Waals surface area contributed by atoms with Crippen molar-refractivity contribution < 1.29 is 34.8 Å². The third kappa shape index (κ3) is 8.13. The number of halogens is 3. The average molecular weight is 591 g/mol. The van der Waals surface area contributed by atoms with E-state index in [1.165, 1.54) is 41.4 Å². The molecule has 3 rings (SSSR count). The Bertz CT molecular complexity index is 1480. The Labute approximate surface area is 225 Å². The summed E-state index contributed by atoms with van der Waals surface area (Å²) >= 11 is 1.25. The fourth-order valence-electron chi connectivity index (χ4n) is 3.10. The van der Waals surface area contributed by atoms with Gasteiger partial charge in [-0.05, 0) is 42.0 Å². The molecule has 0 N–H and O–H groups in total. The third-order valence-corrected chi connectivity index (χ3v) is 9.54. The van der Waals surface area contributed by atoms with E-state index in [2.05, 4.69) is 0 Å². The van der Waals surface area contributed by atoms with Gasteiger partial charge in [0.05, 0.1) is 15.4 Å². The number of carbonyl (C=O) groups is 1. The number of rotatable bonds is 7.